The van der Waals surface area contributed by atoms with Crippen LogP contribution in [-0.2, 0) is 4.74 Å². The van der Waals surface area contributed by atoms with Gasteiger partial charge in [-0.3, -0.25) is 4.79 Å². The lowest BCUT2D eigenvalue weighted by atomic mass is 10.1. The number of nitrogen functional groups attached to an aromatic ring is 1. The molecule has 1 aromatic rings. The molecule has 82 valence electrons. The third-order valence-corrected chi connectivity index (χ3v) is 2.73. The minimum atomic E-state index is -0.520. The Kier molecular flexibility index (Phi) is 3.85. The largest absolute Gasteiger partial charge is 0.462 e. The quantitative estimate of drug-likeness (QED) is 0.631. The summed E-state index contributed by atoms with van der Waals surface area (Å²) in [6.45, 7) is 3.72. The lowest BCUT2D eigenvalue weighted by molar-refractivity contribution is 0.0525. The van der Waals surface area contributed by atoms with Crippen molar-refractivity contribution in [2.75, 3.05) is 12.3 Å². The molecule has 0 fully saturated rings. The minimum Gasteiger partial charge on any atom is -0.462 e. The Labute approximate surface area is 92.0 Å². The topological polar surface area (TPSA) is 69.4 Å². The number of carbonyl (C=O) groups is 2. The van der Waals surface area contributed by atoms with Crippen LogP contribution in [0.3, 0.4) is 0 Å². The van der Waals surface area contributed by atoms with Crippen molar-refractivity contribution in [1.29, 1.82) is 0 Å². The van der Waals surface area contributed by atoms with Gasteiger partial charge in [0.25, 0.3) is 0 Å². The van der Waals surface area contributed by atoms with Crippen molar-refractivity contribution < 1.29 is 14.3 Å². The Balaban J connectivity index is 3.09. The third-order valence-electron chi connectivity index (χ3n) is 1.92. The molecule has 0 aliphatic carbocycles. The van der Waals surface area contributed by atoms with Crippen LogP contribution in [0.4, 0.5) is 5.00 Å². The fraction of sp³-hybridized carbons (Fsp3) is 0.400. The molecule has 0 amide bonds. The molecule has 15 heavy (non-hydrogen) atoms. The SMILES string of the molecule is CCOC(=O)c1c(C(=O)CC)csc1N. The Bertz CT molecular complexity index is 384. The first-order chi connectivity index (χ1) is 7.11. The maximum absolute atomic E-state index is 11.5. The van der Waals surface area contributed by atoms with Gasteiger partial charge >= 0.3 is 5.97 Å². The monoisotopic (exact) mass is 227 g/mol. The van der Waals surface area contributed by atoms with Gasteiger partial charge in [0.15, 0.2) is 5.78 Å². The summed E-state index contributed by atoms with van der Waals surface area (Å²) in [7, 11) is 0. The zero-order valence-electron chi connectivity index (χ0n) is 8.70. The number of thiophene rings is 1. The lowest BCUT2D eigenvalue weighted by Crippen LogP contribution is -2.11. The molecule has 0 saturated carbocycles. The van der Waals surface area contributed by atoms with E-state index in [1.54, 1.807) is 19.2 Å². The normalized spacial score (nSPS) is 10.0. The van der Waals surface area contributed by atoms with Gasteiger partial charge in [0.1, 0.15) is 10.6 Å². The highest BCUT2D eigenvalue weighted by molar-refractivity contribution is 7.14. The van der Waals surface area contributed by atoms with Gasteiger partial charge in [-0.15, -0.1) is 11.3 Å². The van der Waals surface area contributed by atoms with E-state index in [1.807, 2.05) is 0 Å². The summed E-state index contributed by atoms with van der Waals surface area (Å²) in [5.41, 5.74) is 6.22. The van der Waals surface area contributed by atoms with E-state index in [0.717, 1.165) is 0 Å². The standard InChI is InChI=1S/C10H13NO3S/c1-3-7(12)6-5-15-9(11)8(6)10(13)14-4-2/h5H,3-4,11H2,1-2H3. The molecule has 0 atom stereocenters. The van der Waals surface area contributed by atoms with Crippen molar-refractivity contribution in [1.82, 2.24) is 0 Å². The molecular formula is C10H13NO3S. The molecule has 5 heteroatoms. The lowest BCUT2D eigenvalue weighted by Gasteiger charge is -2.03. The van der Waals surface area contributed by atoms with Gasteiger partial charge in [0.2, 0.25) is 0 Å². The maximum Gasteiger partial charge on any atom is 0.341 e. The van der Waals surface area contributed by atoms with Crippen LogP contribution < -0.4 is 5.73 Å². The van der Waals surface area contributed by atoms with E-state index in [2.05, 4.69) is 0 Å². The van der Waals surface area contributed by atoms with Gasteiger partial charge in [0.05, 0.1) is 6.61 Å². The number of hydrogen-bond acceptors (Lipinski definition) is 5. The van der Waals surface area contributed by atoms with Gasteiger partial charge in [0, 0.05) is 17.4 Å². The fourth-order valence-electron chi connectivity index (χ4n) is 1.18. The number of rotatable bonds is 4. The Hall–Kier alpha value is -1.36. The second-order valence-corrected chi connectivity index (χ2v) is 3.80. The molecule has 0 unspecified atom stereocenters. The molecule has 0 saturated heterocycles. The average Bonchev–Trinajstić information content (AvgIpc) is 2.59. The van der Waals surface area contributed by atoms with E-state index in [1.165, 1.54) is 11.3 Å². The summed E-state index contributed by atoms with van der Waals surface area (Å²) in [5, 5.41) is 1.94. The molecule has 1 rings (SSSR count). The molecule has 4 nitrogen and oxygen atoms in total. The van der Waals surface area contributed by atoms with Crippen LogP contribution in [-0.4, -0.2) is 18.4 Å². The zero-order chi connectivity index (χ0) is 11.4. The van der Waals surface area contributed by atoms with E-state index < -0.39 is 5.97 Å². The highest BCUT2D eigenvalue weighted by Crippen LogP contribution is 2.26. The van der Waals surface area contributed by atoms with Crippen LogP contribution in [0.1, 0.15) is 41.0 Å². The number of carbonyl (C=O) groups excluding carboxylic acids is 2. The van der Waals surface area contributed by atoms with Crippen LogP contribution in [0.5, 0.6) is 0 Å². The smallest absolute Gasteiger partial charge is 0.341 e. The van der Waals surface area contributed by atoms with Crippen LogP contribution in [0, 0.1) is 0 Å². The number of nitrogens with two attached hydrogens (primary N) is 1. The molecule has 0 aliphatic rings. The number of ether oxygens (including phenoxy) is 1. The molecule has 1 heterocycles. The molecule has 0 aromatic carbocycles. The van der Waals surface area contributed by atoms with Gasteiger partial charge in [-0.05, 0) is 6.92 Å². The zero-order valence-corrected chi connectivity index (χ0v) is 9.52. The Morgan fingerprint density at radius 2 is 2.13 bits per heavy atom. The van der Waals surface area contributed by atoms with E-state index in [0.29, 0.717) is 17.0 Å². The summed E-state index contributed by atoms with van der Waals surface area (Å²) >= 11 is 1.19. The van der Waals surface area contributed by atoms with E-state index in [4.69, 9.17) is 10.5 Å². The molecular weight excluding hydrogens is 214 g/mol. The average molecular weight is 227 g/mol. The first kappa shape index (κ1) is 11.7. The molecule has 0 aliphatic heterocycles. The highest BCUT2D eigenvalue weighted by atomic mass is 32.1. The molecule has 0 spiro atoms. The van der Waals surface area contributed by atoms with Crippen LogP contribution >= 0.6 is 11.3 Å². The van der Waals surface area contributed by atoms with Crippen LogP contribution in [0.2, 0.25) is 0 Å². The number of anilines is 1. The maximum atomic E-state index is 11.5. The molecule has 0 bridgehead atoms. The van der Waals surface area contributed by atoms with Crippen molar-refractivity contribution in [3.05, 3.63) is 16.5 Å². The van der Waals surface area contributed by atoms with E-state index in [9.17, 15) is 9.59 Å². The van der Waals surface area contributed by atoms with E-state index in [-0.39, 0.29) is 18.0 Å². The van der Waals surface area contributed by atoms with Crippen molar-refractivity contribution in [3.8, 4) is 0 Å². The van der Waals surface area contributed by atoms with Crippen molar-refractivity contribution in [2.24, 2.45) is 0 Å². The van der Waals surface area contributed by atoms with Gasteiger partial charge in [-0.2, -0.15) is 0 Å². The second kappa shape index (κ2) is 4.93. The number of hydrogen-bond donors (Lipinski definition) is 1. The van der Waals surface area contributed by atoms with Gasteiger partial charge in [-0.25, -0.2) is 4.79 Å². The van der Waals surface area contributed by atoms with Crippen LogP contribution in [0.15, 0.2) is 5.38 Å². The third kappa shape index (κ3) is 2.36. The minimum absolute atomic E-state index is 0.0917. The number of Topliss-reactive ketones (excluding diaryl/α,β-unsaturated/α-hetero) is 1. The first-order valence-corrected chi connectivity index (χ1v) is 5.57. The predicted octanol–water partition coefficient (Wildman–Crippen LogP) is 2.10. The van der Waals surface area contributed by atoms with Crippen molar-refractivity contribution >= 4 is 28.1 Å². The molecule has 0 radical (unpaired) electrons. The first-order valence-electron chi connectivity index (χ1n) is 4.69. The number of esters is 1. The van der Waals surface area contributed by atoms with Gasteiger partial charge in [-0.1, -0.05) is 6.92 Å². The highest BCUT2D eigenvalue weighted by Gasteiger charge is 2.21. The van der Waals surface area contributed by atoms with Crippen LogP contribution in [0.25, 0.3) is 0 Å². The Morgan fingerprint density at radius 3 is 2.67 bits per heavy atom. The summed E-state index contributed by atoms with van der Waals surface area (Å²) in [4.78, 5) is 23.0. The van der Waals surface area contributed by atoms with E-state index >= 15 is 0 Å². The van der Waals surface area contributed by atoms with Gasteiger partial charge < -0.3 is 10.5 Å². The molecule has 2 N–H and O–H groups in total. The summed E-state index contributed by atoms with van der Waals surface area (Å²) in [5.74, 6) is -0.612. The van der Waals surface area contributed by atoms with Crippen molar-refractivity contribution in [2.45, 2.75) is 20.3 Å². The number of ketones is 1. The summed E-state index contributed by atoms with van der Waals surface area (Å²) < 4.78 is 4.84. The Morgan fingerprint density at radius 1 is 1.47 bits per heavy atom. The second-order valence-electron chi connectivity index (χ2n) is 2.89. The van der Waals surface area contributed by atoms with Crippen molar-refractivity contribution in [3.63, 3.8) is 0 Å². The molecule has 1 aromatic heterocycles. The fourth-order valence-corrected chi connectivity index (χ4v) is 1.99. The summed E-state index contributed by atoms with van der Waals surface area (Å²) in [6, 6.07) is 0. The predicted molar refractivity (Wildman–Crippen MR) is 59.3 cm³/mol. The summed E-state index contributed by atoms with van der Waals surface area (Å²) in [6.07, 6.45) is 0.350.